The lowest BCUT2D eigenvalue weighted by atomic mass is 10.2. The molecule has 1 rings (SSSR count). The quantitative estimate of drug-likeness (QED) is 0.661. The zero-order valence-electron chi connectivity index (χ0n) is 5.56. The van der Waals surface area contributed by atoms with Crippen LogP contribution in [0.3, 0.4) is 0 Å². The molecule has 1 aromatic carbocycles. The zero-order chi connectivity index (χ0) is 7.72. The average molecular weight is 219 g/mol. The van der Waals surface area contributed by atoms with Crippen molar-refractivity contribution < 1.29 is 5.11 Å². The molecule has 0 radical (unpaired) electrons. The lowest BCUT2D eigenvalue weighted by molar-refractivity contribution is 0.471. The summed E-state index contributed by atoms with van der Waals surface area (Å²) in [6.45, 7) is 1.86. The highest BCUT2D eigenvalue weighted by Gasteiger charge is 2.00. The molecule has 1 nitrogen and oxygen atoms in total. The van der Waals surface area contributed by atoms with Crippen molar-refractivity contribution >= 4 is 30.5 Å². The van der Waals surface area contributed by atoms with Crippen molar-refractivity contribution in [1.82, 2.24) is 0 Å². The minimum absolute atomic E-state index is 0.333. The van der Waals surface area contributed by atoms with Crippen LogP contribution >= 0.6 is 25.2 Å². The molecule has 0 spiro atoms. The summed E-state index contributed by atoms with van der Waals surface area (Å²) in [5.74, 6) is 0.333. The highest BCUT2D eigenvalue weighted by atomic mass is 79.9. The third-order valence-corrected chi connectivity index (χ3v) is 2.50. The molecule has 54 valence electrons. The Morgan fingerprint density at radius 3 is 2.60 bits per heavy atom. The molecule has 1 atom stereocenters. The van der Waals surface area contributed by atoms with Crippen LogP contribution in [-0.4, -0.2) is 5.11 Å². The fourth-order valence-electron chi connectivity index (χ4n) is 0.685. The van der Waals surface area contributed by atoms with Gasteiger partial charge < -0.3 is 5.11 Å². The van der Waals surface area contributed by atoms with Crippen LogP contribution < -0.4 is 5.30 Å². The maximum absolute atomic E-state index is 9.24. The van der Waals surface area contributed by atoms with Crippen molar-refractivity contribution in [3.05, 3.63) is 22.2 Å². The number of hydrogen-bond donors (Lipinski definition) is 1. The van der Waals surface area contributed by atoms with Gasteiger partial charge in [-0.3, -0.25) is 0 Å². The van der Waals surface area contributed by atoms with Crippen LogP contribution in [0.15, 0.2) is 16.6 Å². The van der Waals surface area contributed by atoms with E-state index in [2.05, 4.69) is 25.2 Å². The molecule has 1 aromatic rings. The van der Waals surface area contributed by atoms with E-state index in [4.69, 9.17) is 0 Å². The second-order valence-electron chi connectivity index (χ2n) is 2.15. The molecular weight excluding hydrogens is 211 g/mol. The number of benzene rings is 1. The maximum Gasteiger partial charge on any atom is 0.120 e. The Hall–Kier alpha value is -0.0700. The van der Waals surface area contributed by atoms with Crippen molar-refractivity contribution in [3.8, 4) is 5.75 Å². The van der Waals surface area contributed by atoms with Crippen LogP contribution in [0.25, 0.3) is 0 Å². The van der Waals surface area contributed by atoms with Gasteiger partial charge in [0.2, 0.25) is 0 Å². The lowest BCUT2D eigenvalue weighted by Crippen LogP contribution is -1.90. The minimum atomic E-state index is 0.333. The van der Waals surface area contributed by atoms with E-state index in [1.165, 1.54) is 0 Å². The van der Waals surface area contributed by atoms with Gasteiger partial charge in [0.1, 0.15) is 5.75 Å². The van der Waals surface area contributed by atoms with Crippen LogP contribution in [0, 0.1) is 6.92 Å². The molecule has 1 unspecified atom stereocenters. The van der Waals surface area contributed by atoms with Gasteiger partial charge in [0.25, 0.3) is 0 Å². The first-order valence-corrected chi connectivity index (χ1v) is 4.23. The highest BCUT2D eigenvalue weighted by molar-refractivity contribution is 9.10. The number of rotatable bonds is 0. The van der Waals surface area contributed by atoms with E-state index in [0.29, 0.717) is 5.75 Å². The maximum atomic E-state index is 9.24. The van der Waals surface area contributed by atoms with Crippen LogP contribution in [0.2, 0.25) is 0 Å². The van der Waals surface area contributed by atoms with Crippen molar-refractivity contribution in [2.24, 2.45) is 0 Å². The van der Waals surface area contributed by atoms with Crippen LogP contribution in [0.1, 0.15) is 5.56 Å². The van der Waals surface area contributed by atoms with E-state index in [0.717, 1.165) is 15.3 Å². The Balaban J connectivity index is 3.31. The third-order valence-electron chi connectivity index (χ3n) is 1.34. The topological polar surface area (TPSA) is 20.2 Å². The monoisotopic (exact) mass is 218 g/mol. The largest absolute Gasteiger partial charge is 0.508 e. The Morgan fingerprint density at radius 1 is 1.50 bits per heavy atom. The molecule has 0 aliphatic carbocycles. The second-order valence-corrected chi connectivity index (χ2v) is 3.67. The summed E-state index contributed by atoms with van der Waals surface area (Å²) in [7, 11) is 2.53. The molecule has 0 aromatic heterocycles. The summed E-state index contributed by atoms with van der Waals surface area (Å²) < 4.78 is 0.942. The van der Waals surface area contributed by atoms with Gasteiger partial charge >= 0.3 is 0 Å². The average Bonchev–Trinajstić information content (AvgIpc) is 1.82. The molecule has 0 aliphatic rings. The fourth-order valence-corrected chi connectivity index (χ4v) is 1.72. The van der Waals surface area contributed by atoms with Gasteiger partial charge in [0.05, 0.1) is 0 Å². The summed E-state index contributed by atoms with van der Waals surface area (Å²) in [5.41, 5.74) is 0.881. The minimum Gasteiger partial charge on any atom is -0.508 e. The Labute approximate surface area is 70.8 Å². The molecule has 0 amide bonds. The van der Waals surface area contributed by atoms with E-state index in [1.807, 2.05) is 13.0 Å². The predicted octanol–water partition coefficient (Wildman–Crippen LogP) is 1.96. The van der Waals surface area contributed by atoms with E-state index >= 15 is 0 Å². The number of halogens is 1. The van der Waals surface area contributed by atoms with Gasteiger partial charge in [-0.05, 0) is 24.4 Å². The van der Waals surface area contributed by atoms with Gasteiger partial charge in [-0.2, -0.15) is 0 Å². The first kappa shape index (κ1) is 8.03. The molecule has 0 heterocycles. The van der Waals surface area contributed by atoms with Crippen molar-refractivity contribution in [2.45, 2.75) is 6.92 Å². The number of phenols is 1. The molecule has 0 saturated heterocycles. The third kappa shape index (κ3) is 1.50. The van der Waals surface area contributed by atoms with Gasteiger partial charge in [-0.25, -0.2) is 0 Å². The fraction of sp³-hybridized carbons (Fsp3) is 0.143. The molecule has 0 aliphatic heterocycles. The van der Waals surface area contributed by atoms with Crippen LogP contribution in [0.5, 0.6) is 5.75 Å². The van der Waals surface area contributed by atoms with E-state index in [-0.39, 0.29) is 0 Å². The molecule has 1 N–H and O–H groups in total. The summed E-state index contributed by atoms with van der Waals surface area (Å²) in [6, 6.07) is 3.66. The molecule has 3 heteroatoms. The Bertz CT molecular complexity index is 237. The van der Waals surface area contributed by atoms with Gasteiger partial charge in [0, 0.05) is 10.0 Å². The van der Waals surface area contributed by atoms with Crippen molar-refractivity contribution in [1.29, 1.82) is 0 Å². The van der Waals surface area contributed by atoms with E-state index in [9.17, 15) is 5.11 Å². The van der Waals surface area contributed by atoms with E-state index in [1.54, 1.807) is 6.07 Å². The molecule has 10 heavy (non-hydrogen) atoms. The van der Waals surface area contributed by atoms with Gasteiger partial charge in [-0.15, -0.1) is 9.24 Å². The summed E-state index contributed by atoms with van der Waals surface area (Å²) >= 11 is 3.32. The normalized spacial score (nSPS) is 9.90. The van der Waals surface area contributed by atoms with Gasteiger partial charge in [-0.1, -0.05) is 15.9 Å². The first-order chi connectivity index (χ1) is 4.61. The zero-order valence-corrected chi connectivity index (χ0v) is 8.30. The Kier molecular flexibility index (Phi) is 2.32. The summed E-state index contributed by atoms with van der Waals surface area (Å²) in [6.07, 6.45) is 0. The van der Waals surface area contributed by atoms with Crippen molar-refractivity contribution in [3.63, 3.8) is 0 Å². The number of aromatic hydroxyl groups is 1. The molecular formula is C7H8BrOP. The molecule has 0 fully saturated rings. The summed E-state index contributed by atoms with van der Waals surface area (Å²) in [4.78, 5) is 0. The SMILES string of the molecule is Cc1c(O)cc(P)cc1Br. The Morgan fingerprint density at radius 2 is 2.10 bits per heavy atom. The summed E-state index contributed by atoms with van der Waals surface area (Å²) in [5, 5.41) is 10.2. The highest BCUT2D eigenvalue weighted by Crippen LogP contribution is 2.23. The van der Waals surface area contributed by atoms with Crippen LogP contribution in [0.4, 0.5) is 0 Å². The smallest absolute Gasteiger partial charge is 0.120 e. The van der Waals surface area contributed by atoms with Gasteiger partial charge in [0.15, 0.2) is 0 Å². The van der Waals surface area contributed by atoms with Crippen molar-refractivity contribution in [2.75, 3.05) is 0 Å². The first-order valence-electron chi connectivity index (χ1n) is 2.86. The predicted molar refractivity (Wildman–Crippen MR) is 49.9 cm³/mol. The van der Waals surface area contributed by atoms with E-state index < -0.39 is 0 Å². The number of hydrogen-bond acceptors (Lipinski definition) is 1. The van der Waals surface area contributed by atoms with Crippen LogP contribution in [-0.2, 0) is 0 Å². The second kappa shape index (κ2) is 2.89. The molecule has 0 bridgehead atoms. The lowest BCUT2D eigenvalue weighted by Gasteiger charge is -2.01. The molecule has 0 saturated carbocycles. The number of phenolic OH excluding ortho intramolecular Hbond substituents is 1. The standard InChI is InChI=1S/C7H8BrOP/c1-4-6(8)2-5(10)3-7(4)9/h2-3,9H,10H2,1H3.